The number of dihydropyridines is 1. The predicted molar refractivity (Wildman–Crippen MR) is 122 cm³/mol. The lowest BCUT2D eigenvalue weighted by Crippen LogP contribution is -2.28. The smallest absolute Gasteiger partial charge is 0.449 e. The van der Waals surface area contributed by atoms with Crippen LogP contribution in [0.4, 0.5) is 9.59 Å². The maximum atomic E-state index is 11.4. The number of hydrogen-bond donors (Lipinski definition) is 3. The summed E-state index contributed by atoms with van der Waals surface area (Å²) >= 11 is 1.62. The molecule has 0 bridgehead atoms. The maximum Gasteiger partial charge on any atom is 0.511 e. The Labute approximate surface area is 190 Å². The molecule has 0 aromatic heterocycles. The number of rotatable bonds is 7. The molecule has 1 unspecified atom stereocenters. The van der Waals surface area contributed by atoms with Gasteiger partial charge in [0.1, 0.15) is 17.4 Å². The van der Waals surface area contributed by atoms with Gasteiger partial charge in [0.2, 0.25) is 0 Å². The zero-order valence-electron chi connectivity index (χ0n) is 18.0. The minimum atomic E-state index is -1.48. The lowest BCUT2D eigenvalue weighted by molar-refractivity contribution is 0.0977. The average Bonchev–Trinajstić information content (AvgIpc) is 2.76. The van der Waals surface area contributed by atoms with Crippen molar-refractivity contribution >= 4 is 24.1 Å². The van der Waals surface area contributed by atoms with Crippen molar-refractivity contribution in [2.75, 3.05) is 5.75 Å². The van der Waals surface area contributed by atoms with Gasteiger partial charge in [-0.1, -0.05) is 55.5 Å². The van der Waals surface area contributed by atoms with Crippen LogP contribution in [0, 0.1) is 0 Å². The molecule has 1 heterocycles. The van der Waals surface area contributed by atoms with Crippen molar-refractivity contribution in [1.82, 2.24) is 5.32 Å². The van der Waals surface area contributed by atoms with Crippen molar-refractivity contribution in [3.8, 4) is 0 Å². The third kappa shape index (κ3) is 5.45. The van der Waals surface area contributed by atoms with Crippen molar-refractivity contribution < 1.29 is 29.3 Å². The average molecular weight is 456 g/mol. The molecule has 0 saturated carbocycles. The van der Waals surface area contributed by atoms with Gasteiger partial charge in [-0.05, 0) is 37.0 Å². The molecular formula is C24H25NO6S. The van der Waals surface area contributed by atoms with Crippen LogP contribution in [0.3, 0.4) is 0 Å². The van der Waals surface area contributed by atoms with Gasteiger partial charge in [0.25, 0.3) is 0 Å². The fourth-order valence-electron chi connectivity index (χ4n) is 3.64. The first kappa shape index (κ1) is 23.3. The van der Waals surface area contributed by atoms with Crippen molar-refractivity contribution in [3.63, 3.8) is 0 Å². The fourth-order valence-corrected chi connectivity index (χ4v) is 4.79. The Morgan fingerprint density at radius 3 is 2.03 bits per heavy atom. The van der Waals surface area contributed by atoms with E-state index in [9.17, 15) is 19.8 Å². The van der Waals surface area contributed by atoms with E-state index in [4.69, 9.17) is 9.47 Å². The van der Waals surface area contributed by atoms with Gasteiger partial charge in [-0.15, -0.1) is 11.8 Å². The summed E-state index contributed by atoms with van der Waals surface area (Å²) < 4.78 is 10.2. The number of hydrogen-bond acceptors (Lipinski definition) is 6. The molecule has 0 saturated heterocycles. The summed E-state index contributed by atoms with van der Waals surface area (Å²) in [5, 5.41) is 21.5. The second-order valence-corrected chi connectivity index (χ2v) is 8.49. The highest BCUT2D eigenvalue weighted by Gasteiger charge is 2.36. The van der Waals surface area contributed by atoms with E-state index in [0.29, 0.717) is 17.0 Å². The number of allylic oxidation sites excluding steroid dienone is 2. The molecule has 0 amide bonds. The third-order valence-electron chi connectivity index (χ3n) is 5.12. The molecule has 1 aliphatic rings. The van der Waals surface area contributed by atoms with Gasteiger partial charge in [0, 0.05) is 10.6 Å². The van der Waals surface area contributed by atoms with Gasteiger partial charge < -0.3 is 25.0 Å². The van der Waals surface area contributed by atoms with Crippen molar-refractivity contribution in [3.05, 3.63) is 88.6 Å². The summed E-state index contributed by atoms with van der Waals surface area (Å²) in [7, 11) is 0. The SMILES string of the molecule is CC1=C(OC(=O)O)C(c2ccccc2SCC(C)c2ccccc2)C(OC(=O)O)=C(C)N1. The second kappa shape index (κ2) is 10.3. The summed E-state index contributed by atoms with van der Waals surface area (Å²) in [6.45, 7) is 5.50. The van der Waals surface area contributed by atoms with E-state index >= 15 is 0 Å². The van der Waals surface area contributed by atoms with E-state index in [2.05, 4.69) is 24.4 Å². The minimum Gasteiger partial charge on any atom is -0.449 e. The number of benzene rings is 2. The molecule has 0 radical (unpaired) electrons. The molecule has 8 heteroatoms. The van der Waals surface area contributed by atoms with Crippen LogP contribution in [0.5, 0.6) is 0 Å². The Balaban J connectivity index is 1.99. The standard InChI is InChI=1S/C24H25NO6S/c1-14(17-9-5-4-6-10-17)13-32-19-12-8-7-11-18(19)20-21(30-23(26)27)15(2)25-16(3)22(20)31-24(28)29/h4-12,14,20,25H,13H2,1-3H3,(H,26,27)(H,28,29). The molecule has 168 valence electrons. The summed E-state index contributed by atoms with van der Waals surface area (Å²) in [6, 6.07) is 17.6. The molecule has 3 rings (SSSR count). The molecule has 2 aromatic rings. The van der Waals surface area contributed by atoms with E-state index in [1.54, 1.807) is 25.6 Å². The molecule has 3 N–H and O–H groups in total. The lowest BCUT2D eigenvalue weighted by Gasteiger charge is -2.30. The number of thioether (sulfide) groups is 1. The van der Waals surface area contributed by atoms with Crippen molar-refractivity contribution in [1.29, 1.82) is 0 Å². The van der Waals surface area contributed by atoms with Crippen molar-refractivity contribution in [2.45, 2.75) is 37.5 Å². The Hall–Kier alpha value is -3.39. The lowest BCUT2D eigenvalue weighted by atomic mass is 9.90. The van der Waals surface area contributed by atoms with E-state index in [0.717, 1.165) is 10.6 Å². The molecule has 0 spiro atoms. The first-order valence-electron chi connectivity index (χ1n) is 10.0. The van der Waals surface area contributed by atoms with Crippen LogP contribution >= 0.6 is 11.8 Å². The van der Waals surface area contributed by atoms with Gasteiger partial charge in [0.15, 0.2) is 0 Å². The number of nitrogens with one attached hydrogen (secondary N) is 1. The normalized spacial score (nSPS) is 15.2. The van der Waals surface area contributed by atoms with E-state index in [-0.39, 0.29) is 17.4 Å². The Morgan fingerprint density at radius 2 is 1.47 bits per heavy atom. The van der Waals surface area contributed by atoms with Gasteiger partial charge in [-0.3, -0.25) is 0 Å². The molecule has 2 aromatic carbocycles. The summed E-state index contributed by atoms with van der Waals surface area (Å²) in [5.41, 5.74) is 2.89. The highest BCUT2D eigenvalue weighted by molar-refractivity contribution is 7.99. The fraction of sp³-hybridized carbons (Fsp3) is 0.250. The van der Waals surface area contributed by atoms with Crippen LogP contribution in [0.2, 0.25) is 0 Å². The van der Waals surface area contributed by atoms with E-state index in [1.807, 2.05) is 42.5 Å². The molecule has 1 aliphatic heterocycles. The van der Waals surface area contributed by atoms with E-state index < -0.39 is 18.2 Å². The monoisotopic (exact) mass is 455 g/mol. The summed E-state index contributed by atoms with van der Waals surface area (Å²) in [5.74, 6) is 0.411. The first-order valence-corrected chi connectivity index (χ1v) is 11.0. The Bertz CT molecular complexity index is 1030. The topological polar surface area (TPSA) is 105 Å². The van der Waals surface area contributed by atoms with Crippen LogP contribution in [0.25, 0.3) is 0 Å². The zero-order chi connectivity index (χ0) is 23.3. The van der Waals surface area contributed by atoms with Gasteiger partial charge in [-0.2, -0.15) is 0 Å². The quantitative estimate of drug-likeness (QED) is 0.339. The van der Waals surface area contributed by atoms with Crippen LogP contribution in [0.15, 0.2) is 82.4 Å². The molecule has 0 fully saturated rings. The third-order valence-corrected chi connectivity index (χ3v) is 6.47. The van der Waals surface area contributed by atoms with Crippen LogP contribution in [-0.2, 0) is 9.47 Å². The number of carboxylic acid groups (broad SMARTS) is 2. The molecule has 1 atom stereocenters. The highest BCUT2D eigenvalue weighted by Crippen LogP contribution is 2.43. The molecule has 0 aliphatic carbocycles. The summed E-state index contributed by atoms with van der Waals surface area (Å²) in [4.78, 5) is 23.7. The van der Waals surface area contributed by atoms with Gasteiger partial charge >= 0.3 is 12.3 Å². The molecule has 32 heavy (non-hydrogen) atoms. The second-order valence-electron chi connectivity index (χ2n) is 7.43. The summed E-state index contributed by atoms with van der Waals surface area (Å²) in [6.07, 6.45) is -2.97. The molecule has 7 nitrogen and oxygen atoms in total. The van der Waals surface area contributed by atoms with Crippen LogP contribution < -0.4 is 5.32 Å². The Morgan fingerprint density at radius 1 is 0.938 bits per heavy atom. The van der Waals surface area contributed by atoms with E-state index in [1.165, 1.54) is 5.56 Å². The first-order chi connectivity index (χ1) is 15.3. The largest absolute Gasteiger partial charge is 0.511 e. The van der Waals surface area contributed by atoms with Crippen LogP contribution in [0.1, 0.15) is 43.7 Å². The van der Waals surface area contributed by atoms with Crippen LogP contribution in [-0.4, -0.2) is 28.3 Å². The highest BCUT2D eigenvalue weighted by atomic mass is 32.2. The zero-order valence-corrected chi connectivity index (χ0v) is 18.8. The number of ether oxygens (including phenoxy) is 2. The predicted octanol–water partition coefficient (Wildman–Crippen LogP) is 6.12. The van der Waals surface area contributed by atoms with Crippen molar-refractivity contribution in [2.24, 2.45) is 0 Å². The van der Waals surface area contributed by atoms with Gasteiger partial charge in [0.05, 0.1) is 11.4 Å². The minimum absolute atomic E-state index is 0.0866. The maximum absolute atomic E-state index is 11.4. The Kier molecular flexibility index (Phi) is 7.48. The number of carbonyl (C=O) groups is 2. The van der Waals surface area contributed by atoms with Gasteiger partial charge in [-0.25, -0.2) is 9.59 Å². The molecular weight excluding hydrogens is 430 g/mol.